The molecule has 8 heteroatoms. The van der Waals surface area contributed by atoms with Gasteiger partial charge in [-0.25, -0.2) is 14.8 Å². The van der Waals surface area contributed by atoms with Crippen molar-refractivity contribution in [1.82, 2.24) is 9.97 Å². The number of benzene rings is 1. The first-order chi connectivity index (χ1) is 10.1. The van der Waals surface area contributed by atoms with E-state index in [1.165, 1.54) is 12.4 Å². The number of aromatic nitrogens is 2. The minimum absolute atomic E-state index is 0.141. The molecule has 1 aromatic carbocycles. The first kappa shape index (κ1) is 14.7. The number of halogens is 1. The van der Waals surface area contributed by atoms with E-state index in [0.717, 1.165) is 0 Å². The van der Waals surface area contributed by atoms with Crippen LogP contribution in [0.5, 0.6) is 5.75 Å². The first-order valence-corrected chi connectivity index (χ1v) is 6.17. The van der Waals surface area contributed by atoms with Crippen LogP contribution in [0.2, 0.25) is 5.02 Å². The molecule has 0 fully saturated rings. The molecule has 1 amide bonds. The van der Waals surface area contributed by atoms with Crippen LogP contribution in [0, 0.1) is 0 Å². The normalized spacial score (nSPS) is 9.95. The van der Waals surface area contributed by atoms with Gasteiger partial charge in [0.25, 0.3) is 5.91 Å². The fourth-order valence-electron chi connectivity index (χ4n) is 1.46. The van der Waals surface area contributed by atoms with Crippen LogP contribution in [0.1, 0.15) is 10.5 Å². The molecular weight excluding hydrogens is 298 g/mol. The third kappa shape index (κ3) is 3.90. The van der Waals surface area contributed by atoms with Gasteiger partial charge in [-0.15, -0.1) is 0 Å². The Balaban J connectivity index is 2.00. The van der Waals surface area contributed by atoms with Crippen molar-refractivity contribution in [2.45, 2.75) is 0 Å². The Labute approximate surface area is 124 Å². The number of anilines is 1. The van der Waals surface area contributed by atoms with E-state index in [0.29, 0.717) is 10.8 Å². The second-order valence-electron chi connectivity index (χ2n) is 3.83. The molecule has 2 rings (SSSR count). The monoisotopic (exact) mass is 307 g/mol. The van der Waals surface area contributed by atoms with Crippen molar-refractivity contribution >= 4 is 29.3 Å². The van der Waals surface area contributed by atoms with Crippen LogP contribution < -0.4 is 10.1 Å². The van der Waals surface area contributed by atoms with Crippen molar-refractivity contribution in [3.05, 3.63) is 47.4 Å². The standard InChI is InChI=1S/C13H10ClN3O4/c14-8-3-1-2-4-9(8)21-7-10(18)17-12-11(13(19)20)15-5-6-16-12/h1-6H,7H2,(H,19,20)(H,16,17,18). The van der Waals surface area contributed by atoms with Gasteiger partial charge in [0.15, 0.2) is 18.1 Å². The second-order valence-corrected chi connectivity index (χ2v) is 4.23. The summed E-state index contributed by atoms with van der Waals surface area (Å²) in [6, 6.07) is 6.68. The van der Waals surface area contributed by atoms with Crippen LogP contribution in [-0.4, -0.2) is 33.6 Å². The Morgan fingerprint density at radius 1 is 1.24 bits per heavy atom. The number of carbonyl (C=O) groups excluding carboxylic acids is 1. The maximum absolute atomic E-state index is 11.7. The second kappa shape index (κ2) is 6.67. The highest BCUT2D eigenvalue weighted by Crippen LogP contribution is 2.22. The van der Waals surface area contributed by atoms with Gasteiger partial charge in [0.05, 0.1) is 5.02 Å². The van der Waals surface area contributed by atoms with Gasteiger partial charge in [0.1, 0.15) is 5.75 Å². The largest absolute Gasteiger partial charge is 0.482 e. The number of carboxylic acid groups (broad SMARTS) is 1. The molecule has 2 N–H and O–H groups in total. The highest BCUT2D eigenvalue weighted by molar-refractivity contribution is 6.32. The zero-order valence-corrected chi connectivity index (χ0v) is 11.4. The Bertz CT molecular complexity index is 678. The fraction of sp³-hybridized carbons (Fsp3) is 0.0769. The van der Waals surface area contributed by atoms with Crippen molar-refractivity contribution in [2.24, 2.45) is 0 Å². The van der Waals surface area contributed by atoms with E-state index >= 15 is 0 Å². The Hall–Kier alpha value is -2.67. The summed E-state index contributed by atoms with van der Waals surface area (Å²) in [6.07, 6.45) is 2.50. The minimum atomic E-state index is -1.29. The number of carboxylic acids is 1. The lowest BCUT2D eigenvalue weighted by molar-refractivity contribution is -0.118. The molecule has 0 radical (unpaired) electrons. The van der Waals surface area contributed by atoms with E-state index in [4.69, 9.17) is 21.4 Å². The number of amides is 1. The zero-order chi connectivity index (χ0) is 15.2. The van der Waals surface area contributed by atoms with Gasteiger partial charge >= 0.3 is 5.97 Å². The maximum Gasteiger partial charge on any atom is 0.358 e. The summed E-state index contributed by atoms with van der Waals surface area (Å²) in [5, 5.41) is 11.6. The van der Waals surface area contributed by atoms with Crippen molar-refractivity contribution in [3.8, 4) is 5.75 Å². The quantitative estimate of drug-likeness (QED) is 0.874. The molecule has 1 aromatic heterocycles. The van der Waals surface area contributed by atoms with Crippen LogP contribution in [0.3, 0.4) is 0 Å². The molecule has 0 bridgehead atoms. The van der Waals surface area contributed by atoms with Crippen LogP contribution in [0.25, 0.3) is 0 Å². The molecule has 0 atom stereocenters. The van der Waals surface area contributed by atoms with Crippen molar-refractivity contribution in [3.63, 3.8) is 0 Å². The number of carbonyl (C=O) groups is 2. The van der Waals surface area contributed by atoms with Crippen molar-refractivity contribution in [1.29, 1.82) is 0 Å². The number of nitrogens with one attached hydrogen (secondary N) is 1. The average molecular weight is 308 g/mol. The summed E-state index contributed by atoms with van der Waals surface area (Å²) in [5.41, 5.74) is -0.344. The van der Waals surface area contributed by atoms with Crippen LogP contribution in [-0.2, 0) is 4.79 Å². The van der Waals surface area contributed by atoms with Gasteiger partial charge in [-0.1, -0.05) is 23.7 Å². The molecule has 0 unspecified atom stereocenters. The van der Waals surface area contributed by atoms with E-state index in [-0.39, 0.29) is 18.1 Å². The molecule has 0 spiro atoms. The van der Waals surface area contributed by atoms with Gasteiger partial charge in [-0.2, -0.15) is 0 Å². The number of hydrogen-bond acceptors (Lipinski definition) is 5. The average Bonchev–Trinajstić information content (AvgIpc) is 2.47. The summed E-state index contributed by atoms with van der Waals surface area (Å²) >= 11 is 5.88. The van der Waals surface area contributed by atoms with Crippen LogP contribution >= 0.6 is 11.6 Å². The number of rotatable bonds is 5. The predicted octanol–water partition coefficient (Wildman–Crippen LogP) is 1.85. The smallest absolute Gasteiger partial charge is 0.358 e. The molecule has 21 heavy (non-hydrogen) atoms. The zero-order valence-electron chi connectivity index (χ0n) is 10.6. The summed E-state index contributed by atoms with van der Waals surface area (Å²) in [4.78, 5) is 30.0. The molecule has 2 aromatic rings. The van der Waals surface area contributed by atoms with E-state index in [1.54, 1.807) is 24.3 Å². The van der Waals surface area contributed by atoms with E-state index in [1.807, 2.05) is 0 Å². The molecule has 1 heterocycles. The third-order valence-electron chi connectivity index (χ3n) is 2.35. The van der Waals surface area contributed by atoms with Gasteiger partial charge < -0.3 is 15.2 Å². The molecule has 0 aliphatic carbocycles. The topological polar surface area (TPSA) is 101 Å². The predicted molar refractivity (Wildman–Crippen MR) is 74.6 cm³/mol. The molecule has 7 nitrogen and oxygen atoms in total. The Morgan fingerprint density at radius 2 is 1.95 bits per heavy atom. The van der Waals surface area contributed by atoms with Crippen LogP contribution in [0.15, 0.2) is 36.7 Å². The summed E-state index contributed by atoms with van der Waals surface area (Å²) < 4.78 is 5.23. The number of aromatic carboxylic acids is 1. The molecule has 0 saturated carbocycles. The number of hydrogen-bond donors (Lipinski definition) is 2. The number of nitrogens with zero attached hydrogens (tertiary/aromatic N) is 2. The molecule has 0 aliphatic rings. The lowest BCUT2D eigenvalue weighted by Gasteiger charge is -2.09. The summed E-state index contributed by atoms with van der Waals surface area (Å²) in [5.74, 6) is -1.65. The van der Waals surface area contributed by atoms with Crippen LogP contribution in [0.4, 0.5) is 5.82 Å². The van der Waals surface area contributed by atoms with Crippen molar-refractivity contribution in [2.75, 3.05) is 11.9 Å². The lowest BCUT2D eigenvalue weighted by Crippen LogP contribution is -2.22. The van der Waals surface area contributed by atoms with E-state index < -0.39 is 11.9 Å². The summed E-state index contributed by atoms with van der Waals surface area (Å²) in [7, 11) is 0. The highest BCUT2D eigenvalue weighted by atomic mass is 35.5. The number of ether oxygens (including phenoxy) is 1. The molecule has 0 saturated heterocycles. The highest BCUT2D eigenvalue weighted by Gasteiger charge is 2.15. The Kier molecular flexibility index (Phi) is 4.68. The lowest BCUT2D eigenvalue weighted by atomic mass is 10.3. The fourth-order valence-corrected chi connectivity index (χ4v) is 1.65. The SMILES string of the molecule is O=C(COc1ccccc1Cl)Nc1nccnc1C(=O)O. The van der Waals surface area contributed by atoms with Gasteiger partial charge in [-0.3, -0.25) is 4.79 Å². The Morgan fingerprint density at radius 3 is 2.67 bits per heavy atom. The first-order valence-electron chi connectivity index (χ1n) is 5.79. The van der Waals surface area contributed by atoms with E-state index in [2.05, 4.69) is 15.3 Å². The minimum Gasteiger partial charge on any atom is -0.482 e. The molecular formula is C13H10ClN3O4. The van der Waals surface area contributed by atoms with E-state index in [9.17, 15) is 9.59 Å². The van der Waals surface area contributed by atoms with Gasteiger partial charge in [0.2, 0.25) is 0 Å². The number of para-hydroxylation sites is 1. The molecule has 108 valence electrons. The van der Waals surface area contributed by atoms with Gasteiger partial charge in [0, 0.05) is 12.4 Å². The van der Waals surface area contributed by atoms with Crippen molar-refractivity contribution < 1.29 is 19.4 Å². The van der Waals surface area contributed by atoms with Gasteiger partial charge in [-0.05, 0) is 12.1 Å². The summed E-state index contributed by atoms with van der Waals surface area (Å²) in [6.45, 7) is -0.334. The molecule has 0 aliphatic heterocycles. The maximum atomic E-state index is 11.7. The third-order valence-corrected chi connectivity index (χ3v) is 2.67.